The number of aliphatic hydroxyl groups is 15. The van der Waals surface area contributed by atoms with Crippen LogP contribution in [0.2, 0.25) is 0 Å². The van der Waals surface area contributed by atoms with Gasteiger partial charge in [-0.3, -0.25) is 4.79 Å². The average molecular weight is 1210 g/mol. The second kappa shape index (κ2) is 24.1. The topological polar surface area (TPSA) is 413 Å². The molecule has 15 N–H and O–H groups in total. The highest BCUT2D eigenvalue weighted by Crippen LogP contribution is 2.76. The normalized spacial score (nSPS) is 54.9. The third-order valence-electron chi connectivity index (χ3n) is 22.9. The predicted octanol–water partition coefficient (Wildman–Crippen LogP) is -2.93. The summed E-state index contributed by atoms with van der Waals surface area (Å²) in [5.74, 6) is -0.880. The molecule has 84 heavy (non-hydrogen) atoms. The molecule has 0 aromatic rings. The molecule has 32 atom stereocenters. The molecule has 5 aliphatic carbocycles. The number of carbonyl (C=O) groups excluding carboxylic acids is 1. The Bertz CT molecular complexity index is 2330. The summed E-state index contributed by atoms with van der Waals surface area (Å²) >= 11 is 0. The molecule has 0 unspecified atom stereocenters. The van der Waals surface area contributed by atoms with Gasteiger partial charge in [0.05, 0.1) is 50.7 Å². The molecule has 0 aromatic carbocycles. The molecule has 26 nitrogen and oxygen atoms in total. The van der Waals surface area contributed by atoms with E-state index >= 15 is 4.79 Å². The quantitative estimate of drug-likeness (QED) is 0.0499. The van der Waals surface area contributed by atoms with E-state index in [4.69, 9.17) is 47.4 Å². The van der Waals surface area contributed by atoms with E-state index in [-0.39, 0.29) is 47.2 Å². The van der Waals surface area contributed by atoms with Crippen molar-refractivity contribution in [1.82, 2.24) is 0 Å². The number of hydrogen-bond acceptors (Lipinski definition) is 26. The standard InChI is InChI=1S/C58H94O26/c1-24-34(64)45(82-47-40(70)35(65)27(62)21-75-47)43(73)50(77-24)83-46-36(66)28(63)22-76-51(46)80-33-11-12-54(4)31(55(33,5)23-61)10-13-57(7)32(54)9-8-25-26-18-53(2,3)14-16-58(26,17-15-56(25,57)6)52(74)84-49-42(72)39(69)44(30(20-60)79-49)81-48-41(71)38(68)37(67)29(19-59)78-48/h8,24,26-51,59-73H,9-23H2,1-7H3/t24-,26-,27+,28+,29+,30+,31+,32+,33-,34-,35-,36-,37+,38-,39+,40+,41+,42+,43+,44+,45+,46+,47+,48-,49-,50-,51-,54-,55-,56+,57+,58-/m0/s1. The Labute approximate surface area is 488 Å². The Kier molecular flexibility index (Phi) is 18.7. The summed E-state index contributed by atoms with van der Waals surface area (Å²) in [6.45, 7) is 12.3. The molecule has 482 valence electrons. The van der Waals surface area contributed by atoms with Gasteiger partial charge in [0.25, 0.3) is 0 Å². The second-order valence-electron chi connectivity index (χ2n) is 28.0. The number of ether oxygens (including phenoxy) is 10. The van der Waals surface area contributed by atoms with Crippen molar-refractivity contribution in [2.24, 2.45) is 50.2 Å². The van der Waals surface area contributed by atoms with Gasteiger partial charge in [0.15, 0.2) is 25.2 Å². The molecule has 10 rings (SSSR count). The van der Waals surface area contributed by atoms with Crippen LogP contribution in [0.4, 0.5) is 0 Å². The SMILES string of the molecule is C[C@@H]1O[C@@H](O[C@H]2[C@H](O[C@H]3CC[C@@]4(C)[C@@H](CC[C@]5(C)[C@@H]4CC=C4[C@@H]6CC(C)(C)CC[C@]6(C(=O)O[C@@H]6O[C@H](CO)[C@@H](O[C@@H]7O[C@H](CO)[C@@H](O)[C@H](O)[C@H]7O)[C@H](O)[C@H]6O)CC[C@]45C)[C@]3(C)CO)OC[C@@H](O)[C@@H]2O)[C@H](O)[C@H](O[C@H]2OC[C@@H](O)[C@H](O)[C@H]2O)[C@H]1O. The molecule has 26 heteroatoms. The first kappa shape index (κ1) is 65.2. The fraction of sp³-hybridized carbons (Fsp3) is 0.948. The Morgan fingerprint density at radius 2 is 1.14 bits per heavy atom. The molecule has 5 aliphatic heterocycles. The number of carbonyl (C=O) groups is 1. The zero-order valence-electron chi connectivity index (χ0n) is 49.0. The highest BCUT2D eigenvalue weighted by Gasteiger charge is 2.71. The number of esters is 1. The van der Waals surface area contributed by atoms with Crippen LogP contribution >= 0.6 is 0 Å². The third kappa shape index (κ3) is 10.8. The van der Waals surface area contributed by atoms with Gasteiger partial charge in [-0.2, -0.15) is 0 Å². The Hall–Kier alpha value is -1.75. The molecule has 0 aromatic heterocycles. The van der Waals surface area contributed by atoms with Crippen LogP contribution in [0.5, 0.6) is 0 Å². The number of aliphatic hydroxyl groups excluding tert-OH is 15. The van der Waals surface area contributed by atoms with Crippen molar-refractivity contribution in [1.29, 1.82) is 0 Å². The van der Waals surface area contributed by atoms with Crippen LogP contribution in [0.1, 0.15) is 113 Å². The number of hydrogen-bond donors (Lipinski definition) is 15. The van der Waals surface area contributed by atoms with Crippen molar-refractivity contribution in [2.75, 3.05) is 33.0 Å². The van der Waals surface area contributed by atoms with Crippen molar-refractivity contribution >= 4 is 5.97 Å². The van der Waals surface area contributed by atoms with E-state index in [1.165, 1.54) is 12.5 Å². The maximum atomic E-state index is 15.1. The fourth-order valence-electron chi connectivity index (χ4n) is 17.4. The maximum absolute atomic E-state index is 15.1. The molecule has 0 amide bonds. The lowest BCUT2D eigenvalue weighted by atomic mass is 9.33. The van der Waals surface area contributed by atoms with Gasteiger partial charge in [-0.05, 0) is 111 Å². The van der Waals surface area contributed by atoms with Crippen LogP contribution in [0.15, 0.2) is 11.6 Å². The minimum Gasteiger partial charge on any atom is -0.432 e. The Morgan fingerprint density at radius 3 is 1.82 bits per heavy atom. The minimum atomic E-state index is -1.90. The molecule has 4 saturated carbocycles. The minimum absolute atomic E-state index is 0.0990. The summed E-state index contributed by atoms with van der Waals surface area (Å²) in [6.07, 6.45) is -28.8. The Morgan fingerprint density at radius 1 is 0.548 bits per heavy atom. The summed E-state index contributed by atoms with van der Waals surface area (Å²) in [4.78, 5) is 15.1. The summed E-state index contributed by atoms with van der Waals surface area (Å²) in [5.41, 5.74) is -1.98. The highest BCUT2D eigenvalue weighted by atomic mass is 16.8. The van der Waals surface area contributed by atoms with Crippen LogP contribution in [-0.4, -0.2) is 263 Å². The Balaban J connectivity index is 0.852. The molecule has 0 bridgehead atoms. The molecule has 10 aliphatic rings. The smallest absolute Gasteiger partial charge is 0.315 e. The third-order valence-corrected chi connectivity index (χ3v) is 22.9. The van der Waals surface area contributed by atoms with Crippen LogP contribution < -0.4 is 0 Å². The van der Waals surface area contributed by atoms with Gasteiger partial charge in [0.2, 0.25) is 6.29 Å². The molecule has 5 heterocycles. The van der Waals surface area contributed by atoms with E-state index in [1.54, 1.807) is 0 Å². The molecule has 0 spiro atoms. The number of fused-ring (bicyclic) bond motifs is 7. The van der Waals surface area contributed by atoms with Crippen LogP contribution in [-0.2, 0) is 52.2 Å². The summed E-state index contributed by atoms with van der Waals surface area (Å²) in [6, 6.07) is 0. The van der Waals surface area contributed by atoms with Gasteiger partial charge < -0.3 is 124 Å². The van der Waals surface area contributed by atoms with E-state index < -0.39 is 189 Å². The van der Waals surface area contributed by atoms with E-state index in [9.17, 15) is 76.6 Å². The number of rotatable bonds is 13. The predicted molar refractivity (Wildman–Crippen MR) is 283 cm³/mol. The summed E-state index contributed by atoms with van der Waals surface area (Å²) < 4.78 is 59.6. The fourth-order valence-corrected chi connectivity index (χ4v) is 17.4. The first-order valence-corrected chi connectivity index (χ1v) is 30.2. The van der Waals surface area contributed by atoms with Crippen molar-refractivity contribution in [2.45, 2.75) is 260 Å². The van der Waals surface area contributed by atoms with Gasteiger partial charge in [-0.15, -0.1) is 0 Å². The van der Waals surface area contributed by atoms with E-state index in [0.717, 1.165) is 6.42 Å². The van der Waals surface area contributed by atoms with E-state index in [1.807, 2.05) is 6.92 Å². The van der Waals surface area contributed by atoms with E-state index in [2.05, 4.69) is 40.7 Å². The molecular weight excluding hydrogens is 1110 g/mol. The lowest BCUT2D eigenvalue weighted by molar-refractivity contribution is -0.379. The van der Waals surface area contributed by atoms with Crippen molar-refractivity contribution in [3.8, 4) is 0 Å². The van der Waals surface area contributed by atoms with Gasteiger partial charge in [-0.25, -0.2) is 0 Å². The van der Waals surface area contributed by atoms with Gasteiger partial charge in [-0.1, -0.05) is 53.2 Å². The average Bonchev–Trinajstić information content (AvgIpc) is 0.726. The lowest BCUT2D eigenvalue weighted by Crippen LogP contribution is -2.67. The molecule has 9 fully saturated rings. The van der Waals surface area contributed by atoms with Crippen molar-refractivity contribution in [3.05, 3.63) is 11.6 Å². The van der Waals surface area contributed by atoms with Crippen LogP contribution in [0.3, 0.4) is 0 Å². The van der Waals surface area contributed by atoms with Gasteiger partial charge in [0, 0.05) is 5.41 Å². The van der Waals surface area contributed by atoms with Crippen LogP contribution in [0, 0.1) is 50.2 Å². The zero-order chi connectivity index (χ0) is 61.1. The number of allylic oxidation sites excluding steroid dienone is 2. The molecule has 5 saturated heterocycles. The van der Waals surface area contributed by atoms with Gasteiger partial charge in [0.1, 0.15) is 104 Å². The summed E-state index contributed by atoms with van der Waals surface area (Å²) in [5, 5.41) is 162. The van der Waals surface area contributed by atoms with Crippen molar-refractivity contribution < 1.29 is 129 Å². The monoisotopic (exact) mass is 1210 g/mol. The largest absolute Gasteiger partial charge is 0.432 e. The highest BCUT2D eigenvalue weighted by molar-refractivity contribution is 5.79. The first-order chi connectivity index (χ1) is 39.4. The van der Waals surface area contributed by atoms with Gasteiger partial charge >= 0.3 is 5.97 Å². The lowest BCUT2D eigenvalue weighted by Gasteiger charge is -2.71. The van der Waals surface area contributed by atoms with Crippen LogP contribution in [0.25, 0.3) is 0 Å². The van der Waals surface area contributed by atoms with E-state index in [0.29, 0.717) is 57.8 Å². The van der Waals surface area contributed by atoms with Crippen molar-refractivity contribution in [3.63, 3.8) is 0 Å². The zero-order valence-corrected chi connectivity index (χ0v) is 49.0. The first-order valence-electron chi connectivity index (χ1n) is 30.2. The molecule has 0 radical (unpaired) electrons. The second-order valence-corrected chi connectivity index (χ2v) is 28.0. The molecular formula is C58H94O26. The maximum Gasteiger partial charge on any atom is 0.315 e. The summed E-state index contributed by atoms with van der Waals surface area (Å²) in [7, 11) is 0.